The van der Waals surface area contributed by atoms with Gasteiger partial charge in [0.1, 0.15) is 40.8 Å². The van der Waals surface area contributed by atoms with Gasteiger partial charge in [0.2, 0.25) is 17.3 Å². The molecule has 6 aliphatic carbocycles. The monoisotopic (exact) mass is 1950 g/mol. The Morgan fingerprint density at radius 3 is 1.23 bits per heavy atom. The van der Waals surface area contributed by atoms with Gasteiger partial charge < -0.3 is 78.3 Å². The van der Waals surface area contributed by atoms with Gasteiger partial charge in [0.15, 0.2) is 0 Å². The van der Waals surface area contributed by atoms with E-state index < -0.39 is 23.1 Å². The number of H-pyrrole nitrogens is 1. The summed E-state index contributed by atoms with van der Waals surface area (Å²) in [6.45, 7) is 26.7. The third kappa shape index (κ3) is 26.7. The SMILES string of the molecule is CC(C)(C)OC(=O)N1C[C@H]2CC(=O)C[C@H]2C1.CC(C)(C)OC(=O)N1C[C@H]2CC(O)C[C@H]2C1.CCOC(=O)c1[nH]nnc1OC1C[C@@H]2CN(c3ccc(Cl)c(Cl)c3)C[C@@H]2C1.CCOC(=O)c1nnn(Cc2ccc(OC)cc2)c1OC1C[C@@H]2CN(c3ccc(Cl)c(Cl)c3)C[C@@H]2C1.Fc1ccc(Cl)c(Cl)c1.OC1C[C@@H]2CN(c3ccc(Cl)c(Cl)c3)C[C@@H]2C1.OC1C[C@H]2CNC[C@H]2C1. The number of aromatic nitrogens is 6. The number of nitrogens with one attached hydrogen (secondary N) is 2. The van der Waals surface area contributed by atoms with Crippen molar-refractivity contribution in [2.45, 2.75) is 181 Å². The number of rotatable bonds is 14. The lowest BCUT2D eigenvalue weighted by atomic mass is 10.0. The third-order valence-electron chi connectivity index (χ3n) is 26.2. The van der Waals surface area contributed by atoms with Crippen LogP contribution in [0.4, 0.5) is 31.0 Å². The second-order valence-electron chi connectivity index (χ2n) is 38.0. The maximum absolute atomic E-state index is 12.6. The number of hydrogen-bond donors (Lipinski definition) is 5. The molecular weight excluding hydrogens is 1840 g/mol. The maximum atomic E-state index is 12.6. The first-order chi connectivity index (χ1) is 61.9. The van der Waals surface area contributed by atoms with Crippen molar-refractivity contribution in [2.24, 2.45) is 71.0 Å². The molecule has 130 heavy (non-hydrogen) atoms. The van der Waals surface area contributed by atoms with Crippen molar-refractivity contribution in [1.82, 2.24) is 45.5 Å². The number of halogens is 9. The Kier molecular flexibility index (Phi) is 34.4. The van der Waals surface area contributed by atoms with Crippen LogP contribution in [0.3, 0.4) is 0 Å². The number of Topliss-reactive ketones (excluding diaryl/α,β-unsaturated/α-hetero) is 1. The minimum Gasteiger partial charge on any atom is -0.497 e. The summed E-state index contributed by atoms with van der Waals surface area (Å²) in [5, 5.41) is 54.2. The molecule has 0 bridgehead atoms. The topological polar surface area (TPSA) is 311 Å². The van der Waals surface area contributed by atoms with Crippen molar-refractivity contribution >= 4 is 140 Å². The normalized spacial score (nSPS) is 26.9. The minimum atomic E-state index is -0.530. The molecule has 6 saturated heterocycles. The van der Waals surface area contributed by atoms with E-state index in [0.717, 1.165) is 170 Å². The molecule has 6 aliphatic heterocycles. The average molecular weight is 1960 g/mol. The number of benzene rings is 5. The van der Waals surface area contributed by atoms with Crippen LogP contribution in [0, 0.1) is 76.8 Å². The van der Waals surface area contributed by atoms with E-state index >= 15 is 0 Å². The molecular formula is C94H119Cl8FN12O15. The Labute approximate surface area is 799 Å². The first-order valence-corrected chi connectivity index (χ1v) is 48.0. The summed E-state index contributed by atoms with van der Waals surface area (Å²) in [7, 11) is 1.63. The molecule has 2 aromatic heterocycles. The van der Waals surface area contributed by atoms with Crippen LogP contribution >= 0.6 is 92.8 Å². The van der Waals surface area contributed by atoms with E-state index in [0.29, 0.717) is 138 Å². The zero-order valence-electron chi connectivity index (χ0n) is 74.8. The van der Waals surface area contributed by atoms with Crippen molar-refractivity contribution in [2.75, 3.05) is 114 Å². The van der Waals surface area contributed by atoms with Crippen LogP contribution in [0.25, 0.3) is 0 Å². The van der Waals surface area contributed by atoms with Crippen molar-refractivity contribution in [3.05, 3.63) is 160 Å². The van der Waals surface area contributed by atoms with E-state index in [4.69, 9.17) is 126 Å². The van der Waals surface area contributed by atoms with Crippen LogP contribution in [0.2, 0.25) is 40.2 Å². The second-order valence-corrected chi connectivity index (χ2v) is 41.3. The van der Waals surface area contributed by atoms with Crippen LogP contribution in [-0.2, 0) is 30.3 Å². The van der Waals surface area contributed by atoms with Crippen LogP contribution in [0.1, 0.15) is 159 Å². The van der Waals surface area contributed by atoms with Gasteiger partial charge in [-0.3, -0.25) is 4.79 Å². The zero-order chi connectivity index (χ0) is 93.2. The fraction of sp³-hybridized carbons (Fsp3) is 0.585. The Hall–Kier alpha value is -7.58. The largest absolute Gasteiger partial charge is 0.497 e. The second kappa shape index (κ2) is 44.7. The first-order valence-electron chi connectivity index (χ1n) is 45.0. The highest BCUT2D eigenvalue weighted by Gasteiger charge is 2.48. The highest BCUT2D eigenvalue weighted by Crippen LogP contribution is 2.47. The molecule has 17 atom stereocenters. The van der Waals surface area contributed by atoms with Gasteiger partial charge in [-0.05, 0) is 294 Å². The number of ether oxygens (including phenoxy) is 7. The number of nitrogens with zero attached hydrogens (tertiary/aromatic N) is 10. The van der Waals surface area contributed by atoms with E-state index in [-0.39, 0.29) is 84.0 Å². The zero-order valence-corrected chi connectivity index (χ0v) is 80.8. The van der Waals surface area contributed by atoms with Gasteiger partial charge in [-0.1, -0.05) is 120 Å². The van der Waals surface area contributed by atoms with Crippen molar-refractivity contribution in [3.63, 3.8) is 0 Å². The number of likely N-dealkylation sites (tertiary alicyclic amines) is 2. The fourth-order valence-electron chi connectivity index (χ4n) is 20.2. The molecule has 2 amide bonds. The minimum absolute atomic E-state index is 0.0158. The summed E-state index contributed by atoms with van der Waals surface area (Å²) in [6, 6.07) is 28.8. The molecule has 12 aliphatic rings. The number of carbonyl (C=O) groups is 5. The average Bonchev–Trinajstić information content (AvgIpc) is 1.63. The number of fused-ring (bicyclic) bond motifs is 6. The molecule has 36 heteroatoms. The van der Waals surface area contributed by atoms with Crippen molar-refractivity contribution in [1.29, 1.82) is 0 Å². The summed E-state index contributed by atoms with van der Waals surface area (Å²) in [4.78, 5) is 69.9. The van der Waals surface area contributed by atoms with Crippen LogP contribution in [0.5, 0.6) is 17.5 Å². The summed E-state index contributed by atoms with van der Waals surface area (Å²) >= 11 is 47.4. The van der Waals surface area contributed by atoms with Gasteiger partial charge >= 0.3 is 24.1 Å². The summed E-state index contributed by atoms with van der Waals surface area (Å²) in [5.41, 5.74) is 3.73. The molecule has 0 radical (unpaired) electrons. The molecule has 708 valence electrons. The number of aliphatic hydroxyl groups excluding tert-OH is 3. The molecule has 27 nitrogen and oxygen atoms in total. The molecule has 5 unspecified atom stereocenters. The number of amides is 2. The highest BCUT2D eigenvalue weighted by atomic mass is 35.5. The Morgan fingerprint density at radius 1 is 0.462 bits per heavy atom. The standard InChI is InChI=1S/C26H28Cl2N4O4.C18H20Cl2N4O3.C13H15Cl2NO.C12H21NO3.C12H19NO3.C7H13NO.C6H3Cl2F/c1-3-35-26(33)24-25(32(30-29-24)13-16-4-7-20(34-2)8-5-16)36-21-10-17-14-31(15-18(17)11-21)19-6-9-22(27)23(28)12-19;1-2-26-18(25)16-17(22-23-21-16)27-13-5-10-8-24(9-11(10)6-13)12-3-4-14(19)15(20)7-12;14-12-2-1-10(5-13(12)15)16-6-8-3-11(17)4-9(8)7-16;2*1-12(2,3)16-11(15)13-6-8-4-10(14)5-9(8)7-13;9-7-1-5-3-8-4-6(5)2-7;7-5-2-1-4(9)3-6(5)8/h4-9,12,17-18,21H,3,10-11,13-15H2,1-2H3;3-4,7,10-11,13H,2,5-6,8-9H2,1H3,(H,21,22,23);1-2,5,8-9,11,17H,3-4,6-7H2;8-10,14H,4-7H2,1-3H3;8-9H,4-7H2,1-3H3;5-9H,1-4H2;1-3H/t17-,18+,21?;10-,11+,13?;8-,9+,11?;8-,9+,10?;8-,9+;5-,6+,7?;. The fourth-order valence-corrected chi connectivity index (χ4v) is 21.4. The Morgan fingerprint density at radius 2 is 0.838 bits per heavy atom. The van der Waals surface area contributed by atoms with E-state index in [1.165, 1.54) is 18.2 Å². The Bertz CT molecular complexity index is 4950. The number of aromatic amines is 1. The molecule has 0 spiro atoms. The van der Waals surface area contributed by atoms with Crippen LogP contribution < -0.4 is 34.2 Å². The Balaban J connectivity index is 0.000000136. The number of carbonyl (C=O) groups excluding carboxylic acids is 5. The molecule has 5 aromatic carbocycles. The van der Waals surface area contributed by atoms with Crippen LogP contribution in [0.15, 0.2) is 97.1 Å². The molecule has 6 saturated carbocycles. The van der Waals surface area contributed by atoms with Crippen molar-refractivity contribution < 1.29 is 76.8 Å². The predicted molar refractivity (Wildman–Crippen MR) is 500 cm³/mol. The van der Waals surface area contributed by atoms with E-state index in [9.17, 15) is 43.7 Å². The van der Waals surface area contributed by atoms with Gasteiger partial charge in [0, 0.05) is 95.4 Å². The van der Waals surface area contributed by atoms with Gasteiger partial charge in [-0.2, -0.15) is 0 Å². The number of ketones is 1. The first kappa shape index (κ1) is 99.9. The quantitative estimate of drug-likeness (QED) is 0.0384. The predicted octanol–water partition coefficient (Wildman–Crippen LogP) is 18.5. The highest BCUT2D eigenvalue weighted by molar-refractivity contribution is 6.43. The number of anilines is 3. The molecule has 12 fully saturated rings. The van der Waals surface area contributed by atoms with Gasteiger partial charge in [-0.15, -0.1) is 5.10 Å². The number of esters is 2. The number of hydrogen-bond acceptors (Lipinski definition) is 23. The molecule has 8 heterocycles. The molecule has 5 N–H and O–H groups in total. The lowest BCUT2D eigenvalue weighted by Gasteiger charge is -2.25. The number of aliphatic hydroxyl groups is 3. The lowest BCUT2D eigenvalue weighted by molar-refractivity contribution is -0.118. The third-order valence-corrected chi connectivity index (χ3v) is 29.2. The van der Waals surface area contributed by atoms with Gasteiger partial charge in [-0.25, -0.2) is 33.3 Å². The van der Waals surface area contributed by atoms with Crippen LogP contribution in [-0.4, -0.2) is 226 Å². The van der Waals surface area contributed by atoms with Gasteiger partial charge in [0.05, 0.1) is 85.4 Å². The van der Waals surface area contributed by atoms with E-state index in [1.54, 1.807) is 35.4 Å². The van der Waals surface area contributed by atoms with E-state index in [1.807, 2.05) is 120 Å². The van der Waals surface area contributed by atoms with Crippen molar-refractivity contribution in [3.8, 4) is 17.5 Å². The maximum Gasteiger partial charge on any atom is 0.410 e. The lowest BCUT2D eigenvalue weighted by Crippen LogP contribution is -2.36. The van der Waals surface area contributed by atoms with Gasteiger partial charge in [0.25, 0.3) is 5.88 Å². The van der Waals surface area contributed by atoms with E-state index in [2.05, 4.69) is 45.7 Å². The number of methoxy groups -OCH3 is 1. The molecule has 7 aromatic rings. The smallest absolute Gasteiger partial charge is 0.410 e. The summed E-state index contributed by atoms with van der Waals surface area (Å²) < 4.78 is 52.3. The molecule has 19 rings (SSSR count). The summed E-state index contributed by atoms with van der Waals surface area (Å²) in [6.07, 6.45) is 9.85. The summed E-state index contributed by atoms with van der Waals surface area (Å²) in [5.74, 6) is 6.89.